The number of hydrogen-bond donors (Lipinski definition) is 1. The Morgan fingerprint density at radius 1 is 1.09 bits per heavy atom. The fourth-order valence-electron chi connectivity index (χ4n) is 2.98. The van der Waals surface area contributed by atoms with Crippen LogP contribution in [-0.2, 0) is 4.79 Å². The predicted octanol–water partition coefficient (Wildman–Crippen LogP) is 3.49. The number of aromatic nitrogens is 2. The molecule has 2 aromatic carbocycles. The number of para-hydroxylation sites is 1. The molecule has 3 aromatic rings. The molecule has 23 heavy (non-hydrogen) atoms. The van der Waals surface area contributed by atoms with Gasteiger partial charge in [0.15, 0.2) is 0 Å². The van der Waals surface area contributed by atoms with E-state index in [1.165, 1.54) is 12.1 Å². The smallest absolute Gasteiger partial charge is 0.226 e. The van der Waals surface area contributed by atoms with Crippen molar-refractivity contribution < 1.29 is 9.18 Å². The van der Waals surface area contributed by atoms with Gasteiger partial charge in [-0.05, 0) is 29.8 Å². The second-order valence-electron chi connectivity index (χ2n) is 5.55. The van der Waals surface area contributed by atoms with Crippen LogP contribution in [0.3, 0.4) is 0 Å². The van der Waals surface area contributed by atoms with Crippen molar-refractivity contribution in [2.24, 2.45) is 0 Å². The first-order chi connectivity index (χ1) is 11.2. The van der Waals surface area contributed by atoms with Gasteiger partial charge in [0.2, 0.25) is 5.91 Å². The summed E-state index contributed by atoms with van der Waals surface area (Å²) in [5.41, 5.74) is 2.74. The van der Waals surface area contributed by atoms with Gasteiger partial charge in [0.1, 0.15) is 11.6 Å². The highest BCUT2D eigenvalue weighted by Gasteiger charge is 2.30. The third-order valence-electron chi connectivity index (χ3n) is 4.09. The van der Waals surface area contributed by atoms with Crippen molar-refractivity contribution >= 4 is 11.7 Å². The zero-order valence-corrected chi connectivity index (χ0v) is 12.2. The van der Waals surface area contributed by atoms with E-state index in [2.05, 4.69) is 10.4 Å². The summed E-state index contributed by atoms with van der Waals surface area (Å²) in [7, 11) is 0. The Bertz CT molecular complexity index is 856. The van der Waals surface area contributed by atoms with Gasteiger partial charge >= 0.3 is 0 Å². The zero-order chi connectivity index (χ0) is 15.8. The molecule has 1 atom stereocenters. The van der Waals surface area contributed by atoms with Crippen LogP contribution in [0.15, 0.2) is 60.8 Å². The van der Waals surface area contributed by atoms with Crippen molar-refractivity contribution in [2.75, 3.05) is 5.32 Å². The molecule has 0 saturated heterocycles. The van der Waals surface area contributed by atoms with Gasteiger partial charge < -0.3 is 5.32 Å². The lowest BCUT2D eigenvalue weighted by Gasteiger charge is -2.23. The van der Waals surface area contributed by atoms with Crippen LogP contribution < -0.4 is 5.32 Å². The molecule has 1 N–H and O–H groups in total. The van der Waals surface area contributed by atoms with Crippen LogP contribution in [0.25, 0.3) is 5.69 Å². The van der Waals surface area contributed by atoms with Crippen molar-refractivity contribution in [3.05, 3.63) is 77.7 Å². The summed E-state index contributed by atoms with van der Waals surface area (Å²) in [5.74, 6) is 0.220. The third kappa shape index (κ3) is 2.40. The number of benzene rings is 2. The first kappa shape index (κ1) is 13.7. The van der Waals surface area contributed by atoms with E-state index in [0.29, 0.717) is 12.2 Å². The normalized spacial score (nSPS) is 16.7. The van der Waals surface area contributed by atoms with Crippen LogP contribution in [0, 0.1) is 5.82 Å². The van der Waals surface area contributed by atoms with Gasteiger partial charge in [0, 0.05) is 17.9 Å². The molecule has 114 valence electrons. The molecule has 4 rings (SSSR count). The summed E-state index contributed by atoms with van der Waals surface area (Å²) in [6.07, 6.45) is 2.11. The lowest BCUT2D eigenvalue weighted by atomic mass is 9.87. The van der Waals surface area contributed by atoms with E-state index >= 15 is 0 Å². The predicted molar refractivity (Wildman–Crippen MR) is 85.1 cm³/mol. The monoisotopic (exact) mass is 307 g/mol. The number of carbonyl (C=O) groups excluding carboxylic acids is 1. The largest absolute Gasteiger partial charge is 0.310 e. The van der Waals surface area contributed by atoms with E-state index in [1.54, 1.807) is 23.0 Å². The van der Waals surface area contributed by atoms with Crippen molar-refractivity contribution in [3.8, 4) is 5.69 Å². The molecule has 5 heteroatoms. The molecule has 1 aliphatic rings. The second-order valence-corrected chi connectivity index (χ2v) is 5.55. The van der Waals surface area contributed by atoms with Crippen LogP contribution in [-0.4, -0.2) is 15.7 Å². The molecular weight excluding hydrogens is 293 g/mol. The van der Waals surface area contributed by atoms with Crippen LogP contribution in [0.5, 0.6) is 0 Å². The molecule has 4 nitrogen and oxygen atoms in total. The molecule has 2 heterocycles. The molecule has 1 amide bonds. The van der Waals surface area contributed by atoms with E-state index in [0.717, 1.165) is 16.8 Å². The SMILES string of the molecule is O=C1CC(c2ccc(F)cc2)c2cnn(-c3ccccc3)c2N1. The van der Waals surface area contributed by atoms with Gasteiger partial charge in [0.25, 0.3) is 0 Å². The summed E-state index contributed by atoms with van der Waals surface area (Å²) in [5, 5.41) is 7.33. The van der Waals surface area contributed by atoms with Crippen LogP contribution in [0.2, 0.25) is 0 Å². The number of halogens is 1. The number of nitrogens with one attached hydrogen (secondary N) is 1. The molecule has 1 aliphatic heterocycles. The number of rotatable bonds is 2. The van der Waals surface area contributed by atoms with Crippen LogP contribution >= 0.6 is 0 Å². The zero-order valence-electron chi connectivity index (χ0n) is 12.2. The maximum absolute atomic E-state index is 13.2. The fraction of sp³-hybridized carbons (Fsp3) is 0.111. The van der Waals surface area contributed by atoms with Crippen molar-refractivity contribution in [2.45, 2.75) is 12.3 Å². The molecule has 1 unspecified atom stereocenters. The van der Waals surface area contributed by atoms with Gasteiger partial charge in [-0.1, -0.05) is 30.3 Å². The van der Waals surface area contributed by atoms with E-state index < -0.39 is 0 Å². The molecule has 0 bridgehead atoms. The number of anilines is 1. The summed E-state index contributed by atoms with van der Waals surface area (Å²) < 4.78 is 14.9. The van der Waals surface area contributed by atoms with Crippen molar-refractivity contribution in [1.82, 2.24) is 9.78 Å². The highest BCUT2D eigenvalue weighted by molar-refractivity contribution is 5.94. The number of fused-ring (bicyclic) bond motifs is 1. The molecule has 0 aliphatic carbocycles. The number of hydrogen-bond acceptors (Lipinski definition) is 2. The molecule has 1 aromatic heterocycles. The Hall–Kier alpha value is -2.95. The molecular formula is C18H14FN3O. The maximum atomic E-state index is 13.2. The van der Waals surface area contributed by atoms with Crippen molar-refractivity contribution in [1.29, 1.82) is 0 Å². The summed E-state index contributed by atoms with van der Waals surface area (Å²) in [6.45, 7) is 0. The first-order valence-electron chi connectivity index (χ1n) is 7.41. The summed E-state index contributed by atoms with van der Waals surface area (Å²) in [6, 6.07) is 15.9. The minimum absolute atomic E-state index is 0.0653. The Morgan fingerprint density at radius 3 is 2.57 bits per heavy atom. The minimum Gasteiger partial charge on any atom is -0.310 e. The molecule has 0 radical (unpaired) electrons. The number of carbonyl (C=O) groups is 1. The van der Waals surface area contributed by atoms with Crippen molar-refractivity contribution in [3.63, 3.8) is 0 Å². The van der Waals surface area contributed by atoms with Gasteiger partial charge in [0.05, 0.1) is 11.9 Å². The van der Waals surface area contributed by atoms with Crippen LogP contribution in [0.1, 0.15) is 23.5 Å². The van der Waals surface area contributed by atoms with Gasteiger partial charge in [-0.25, -0.2) is 9.07 Å². The van der Waals surface area contributed by atoms with Crippen LogP contribution in [0.4, 0.5) is 10.2 Å². The van der Waals surface area contributed by atoms with E-state index in [4.69, 9.17) is 0 Å². The van der Waals surface area contributed by atoms with E-state index in [1.807, 2.05) is 30.3 Å². The minimum atomic E-state index is -0.283. The van der Waals surface area contributed by atoms with Gasteiger partial charge in [-0.15, -0.1) is 0 Å². The Balaban J connectivity index is 1.81. The Morgan fingerprint density at radius 2 is 1.83 bits per heavy atom. The molecule has 0 saturated carbocycles. The first-order valence-corrected chi connectivity index (χ1v) is 7.41. The van der Waals surface area contributed by atoms with Gasteiger partial charge in [-0.3, -0.25) is 4.79 Å². The topological polar surface area (TPSA) is 46.9 Å². The second kappa shape index (κ2) is 5.35. The summed E-state index contributed by atoms with van der Waals surface area (Å²) >= 11 is 0. The molecule has 0 spiro atoms. The van der Waals surface area contributed by atoms with E-state index in [-0.39, 0.29) is 17.6 Å². The highest BCUT2D eigenvalue weighted by atomic mass is 19.1. The quantitative estimate of drug-likeness (QED) is 0.788. The Labute approximate surface area is 132 Å². The maximum Gasteiger partial charge on any atom is 0.226 e. The highest BCUT2D eigenvalue weighted by Crippen LogP contribution is 2.37. The molecule has 0 fully saturated rings. The average molecular weight is 307 g/mol. The third-order valence-corrected chi connectivity index (χ3v) is 4.09. The number of nitrogens with zero attached hydrogens (tertiary/aromatic N) is 2. The standard InChI is InChI=1S/C18H14FN3O/c19-13-8-6-12(7-9-13)15-10-17(23)21-18-16(15)11-20-22(18)14-4-2-1-3-5-14/h1-9,11,15H,10H2,(H,21,23). The lowest BCUT2D eigenvalue weighted by molar-refractivity contribution is -0.116. The van der Waals surface area contributed by atoms with Gasteiger partial charge in [-0.2, -0.15) is 5.10 Å². The van der Waals surface area contributed by atoms with E-state index in [9.17, 15) is 9.18 Å². The number of amides is 1. The average Bonchev–Trinajstić information content (AvgIpc) is 2.99. The lowest BCUT2D eigenvalue weighted by Crippen LogP contribution is -2.24. The fourth-order valence-corrected chi connectivity index (χ4v) is 2.98. The summed E-state index contributed by atoms with van der Waals surface area (Å²) in [4.78, 5) is 12.1. The Kier molecular flexibility index (Phi) is 3.19.